The number of benzene rings is 2. The van der Waals surface area contributed by atoms with Gasteiger partial charge in [-0.2, -0.15) is 0 Å². The summed E-state index contributed by atoms with van der Waals surface area (Å²) in [5, 5.41) is 13.9. The predicted molar refractivity (Wildman–Crippen MR) is 70.6 cm³/mol. The lowest BCUT2D eigenvalue weighted by Gasteiger charge is -2.21. The molecular weight excluding hydrogens is 300 g/mol. The van der Waals surface area contributed by atoms with Crippen LogP contribution >= 0.6 is 15.9 Å². The molecular formula is C12H7BrN2O3. The van der Waals surface area contributed by atoms with Crippen molar-refractivity contribution in [2.24, 2.45) is 0 Å². The van der Waals surface area contributed by atoms with Crippen LogP contribution in [0.1, 0.15) is 0 Å². The van der Waals surface area contributed by atoms with Gasteiger partial charge in [0.05, 0.1) is 22.4 Å². The Bertz CT molecular complexity index is 658. The Balaban J connectivity index is 2.05. The average Bonchev–Trinajstić information content (AvgIpc) is 2.35. The van der Waals surface area contributed by atoms with Crippen LogP contribution in [0.2, 0.25) is 0 Å². The van der Waals surface area contributed by atoms with Crippen LogP contribution in [-0.2, 0) is 0 Å². The number of anilines is 2. The summed E-state index contributed by atoms with van der Waals surface area (Å²) in [4.78, 5) is 10.3. The smallest absolute Gasteiger partial charge is 0.273 e. The molecule has 6 heteroatoms. The SMILES string of the molecule is O=[N+]([O-])c1ccc2c(c1)Oc1ccc(Br)cc1N2. The van der Waals surface area contributed by atoms with E-state index in [1.165, 1.54) is 12.1 Å². The van der Waals surface area contributed by atoms with E-state index >= 15 is 0 Å². The van der Waals surface area contributed by atoms with Crippen molar-refractivity contribution >= 4 is 33.0 Å². The van der Waals surface area contributed by atoms with Crippen molar-refractivity contribution in [2.45, 2.75) is 0 Å². The molecule has 3 rings (SSSR count). The van der Waals surface area contributed by atoms with Gasteiger partial charge in [0.1, 0.15) is 0 Å². The topological polar surface area (TPSA) is 64.4 Å². The van der Waals surface area contributed by atoms with Gasteiger partial charge in [-0.05, 0) is 24.3 Å². The number of halogens is 1. The van der Waals surface area contributed by atoms with Crippen LogP contribution in [0.4, 0.5) is 17.1 Å². The first-order valence-electron chi connectivity index (χ1n) is 5.16. The zero-order chi connectivity index (χ0) is 12.7. The highest BCUT2D eigenvalue weighted by Gasteiger charge is 2.19. The third-order valence-electron chi connectivity index (χ3n) is 2.61. The number of nitro groups is 1. The van der Waals surface area contributed by atoms with Gasteiger partial charge in [0, 0.05) is 10.5 Å². The Hall–Kier alpha value is -2.08. The Labute approximate surface area is 111 Å². The molecule has 0 radical (unpaired) electrons. The fourth-order valence-corrected chi connectivity index (χ4v) is 2.13. The average molecular weight is 307 g/mol. The van der Waals surface area contributed by atoms with E-state index in [4.69, 9.17) is 4.74 Å². The summed E-state index contributed by atoms with van der Waals surface area (Å²) in [5.74, 6) is 1.10. The van der Waals surface area contributed by atoms with Crippen LogP contribution in [0.25, 0.3) is 0 Å². The van der Waals surface area contributed by atoms with E-state index in [9.17, 15) is 10.1 Å². The molecule has 2 aromatic carbocycles. The first-order chi connectivity index (χ1) is 8.63. The second-order valence-electron chi connectivity index (χ2n) is 3.81. The van der Waals surface area contributed by atoms with Crippen molar-refractivity contribution in [2.75, 3.05) is 5.32 Å². The normalized spacial score (nSPS) is 11.8. The molecule has 1 aliphatic heterocycles. The number of nitrogens with one attached hydrogen (secondary N) is 1. The second-order valence-corrected chi connectivity index (χ2v) is 4.72. The van der Waals surface area contributed by atoms with Gasteiger partial charge in [-0.1, -0.05) is 15.9 Å². The van der Waals surface area contributed by atoms with Crippen molar-refractivity contribution in [1.82, 2.24) is 0 Å². The first kappa shape index (κ1) is 11.0. The maximum Gasteiger partial charge on any atom is 0.273 e. The molecule has 5 nitrogen and oxygen atoms in total. The molecule has 1 aliphatic rings. The summed E-state index contributed by atoms with van der Waals surface area (Å²) in [6.45, 7) is 0. The molecule has 0 fully saturated rings. The highest BCUT2D eigenvalue weighted by atomic mass is 79.9. The van der Waals surface area contributed by atoms with E-state index in [1.54, 1.807) is 12.1 Å². The maximum absolute atomic E-state index is 10.7. The van der Waals surface area contributed by atoms with E-state index in [0.717, 1.165) is 10.2 Å². The predicted octanol–water partition coefficient (Wildman–Crippen LogP) is 4.21. The molecule has 0 unspecified atom stereocenters. The Kier molecular flexibility index (Phi) is 2.45. The van der Waals surface area contributed by atoms with E-state index < -0.39 is 4.92 Å². The lowest BCUT2D eigenvalue weighted by molar-refractivity contribution is -0.384. The zero-order valence-corrected chi connectivity index (χ0v) is 10.6. The third-order valence-corrected chi connectivity index (χ3v) is 3.10. The van der Waals surface area contributed by atoms with Crippen molar-refractivity contribution in [3.8, 4) is 11.5 Å². The van der Waals surface area contributed by atoms with Crippen LogP contribution in [0.15, 0.2) is 40.9 Å². The van der Waals surface area contributed by atoms with Gasteiger partial charge < -0.3 is 10.1 Å². The molecule has 0 spiro atoms. The van der Waals surface area contributed by atoms with E-state index in [2.05, 4.69) is 21.2 Å². The van der Waals surface area contributed by atoms with E-state index in [1.807, 2.05) is 12.1 Å². The van der Waals surface area contributed by atoms with Gasteiger partial charge in [0.2, 0.25) is 0 Å². The molecule has 90 valence electrons. The number of nitro benzene ring substituents is 1. The lowest BCUT2D eigenvalue weighted by Crippen LogP contribution is -2.03. The highest BCUT2D eigenvalue weighted by molar-refractivity contribution is 9.10. The number of fused-ring (bicyclic) bond motifs is 2. The molecule has 0 saturated heterocycles. The Morgan fingerprint density at radius 3 is 2.72 bits per heavy atom. The van der Waals surface area contributed by atoms with Gasteiger partial charge in [-0.3, -0.25) is 10.1 Å². The van der Waals surface area contributed by atoms with Crippen molar-refractivity contribution in [3.63, 3.8) is 0 Å². The summed E-state index contributed by atoms with van der Waals surface area (Å²) in [5.41, 5.74) is 1.55. The van der Waals surface area contributed by atoms with Crippen LogP contribution in [0.5, 0.6) is 11.5 Å². The fraction of sp³-hybridized carbons (Fsp3) is 0. The molecule has 0 atom stereocenters. The largest absolute Gasteiger partial charge is 0.453 e. The van der Waals surface area contributed by atoms with Gasteiger partial charge >= 0.3 is 0 Å². The van der Waals surface area contributed by atoms with Crippen molar-refractivity contribution in [1.29, 1.82) is 0 Å². The lowest BCUT2D eigenvalue weighted by atomic mass is 10.2. The molecule has 2 aromatic rings. The maximum atomic E-state index is 10.7. The molecule has 0 aliphatic carbocycles. The third kappa shape index (κ3) is 1.80. The minimum Gasteiger partial charge on any atom is -0.453 e. The molecule has 0 amide bonds. The summed E-state index contributed by atoms with van der Waals surface area (Å²) in [6.07, 6.45) is 0. The van der Waals surface area contributed by atoms with Crippen molar-refractivity contribution < 1.29 is 9.66 Å². The molecule has 0 aromatic heterocycles. The Morgan fingerprint density at radius 2 is 1.94 bits per heavy atom. The summed E-state index contributed by atoms with van der Waals surface area (Å²) < 4.78 is 6.57. The first-order valence-corrected chi connectivity index (χ1v) is 5.96. The minimum atomic E-state index is -0.444. The van der Waals surface area contributed by atoms with Crippen LogP contribution in [0.3, 0.4) is 0 Å². The number of ether oxygens (including phenoxy) is 1. The summed E-state index contributed by atoms with van der Waals surface area (Å²) in [7, 11) is 0. The van der Waals surface area contributed by atoms with E-state index in [-0.39, 0.29) is 5.69 Å². The number of hydrogen-bond acceptors (Lipinski definition) is 4. The molecule has 1 N–H and O–H groups in total. The summed E-state index contributed by atoms with van der Waals surface area (Å²) >= 11 is 3.38. The van der Waals surface area contributed by atoms with Gasteiger partial charge in [-0.25, -0.2) is 0 Å². The van der Waals surface area contributed by atoms with Crippen LogP contribution in [-0.4, -0.2) is 4.92 Å². The molecule has 0 saturated carbocycles. The second kappa shape index (κ2) is 3.99. The van der Waals surface area contributed by atoms with E-state index in [0.29, 0.717) is 17.2 Å². The highest BCUT2D eigenvalue weighted by Crippen LogP contribution is 2.43. The summed E-state index contributed by atoms with van der Waals surface area (Å²) in [6, 6.07) is 10.0. The Morgan fingerprint density at radius 1 is 1.11 bits per heavy atom. The van der Waals surface area contributed by atoms with Crippen molar-refractivity contribution in [3.05, 3.63) is 51.0 Å². The van der Waals surface area contributed by atoms with Gasteiger partial charge in [0.25, 0.3) is 5.69 Å². The quantitative estimate of drug-likeness (QED) is 0.540. The molecule has 1 heterocycles. The monoisotopic (exact) mass is 306 g/mol. The zero-order valence-electron chi connectivity index (χ0n) is 9.01. The molecule has 18 heavy (non-hydrogen) atoms. The number of hydrogen-bond donors (Lipinski definition) is 1. The molecule has 0 bridgehead atoms. The van der Waals surface area contributed by atoms with Crippen LogP contribution in [0, 0.1) is 10.1 Å². The number of rotatable bonds is 1. The standard InChI is InChI=1S/C12H7BrN2O3/c13-7-1-4-11-10(5-7)14-9-3-2-8(15(16)17)6-12(9)18-11/h1-6,14H. The number of non-ortho nitro benzene ring substituents is 1. The van der Waals surface area contributed by atoms with Gasteiger partial charge in [-0.15, -0.1) is 0 Å². The van der Waals surface area contributed by atoms with Crippen LogP contribution < -0.4 is 10.1 Å². The number of nitrogens with zero attached hydrogens (tertiary/aromatic N) is 1. The minimum absolute atomic E-state index is 0.0103. The van der Waals surface area contributed by atoms with Gasteiger partial charge in [0.15, 0.2) is 11.5 Å². The fourth-order valence-electron chi connectivity index (χ4n) is 1.76.